The predicted octanol–water partition coefficient (Wildman–Crippen LogP) is 4.24. The van der Waals surface area contributed by atoms with Gasteiger partial charge in [0.05, 0.1) is 0 Å². The van der Waals surface area contributed by atoms with Gasteiger partial charge in [-0.2, -0.15) is 0 Å². The number of anilines is 1. The van der Waals surface area contributed by atoms with Gasteiger partial charge in [-0.3, -0.25) is 4.84 Å². The maximum atomic E-state index is 11.3. The van der Waals surface area contributed by atoms with Gasteiger partial charge in [-0.05, 0) is 43.7 Å². The van der Waals surface area contributed by atoms with Gasteiger partial charge in [0, 0.05) is 29.4 Å². The van der Waals surface area contributed by atoms with Gasteiger partial charge in [0.15, 0.2) is 0 Å². The van der Waals surface area contributed by atoms with E-state index < -0.39 is 6.09 Å². The second-order valence-electron chi connectivity index (χ2n) is 4.49. The number of thioether (sulfide) groups is 1. The molecule has 0 saturated heterocycles. The molecule has 0 atom stereocenters. The lowest BCUT2D eigenvalue weighted by Gasteiger charge is -2.07. The molecule has 1 aromatic rings. The summed E-state index contributed by atoms with van der Waals surface area (Å²) >= 11 is 1.42. The van der Waals surface area contributed by atoms with Crippen LogP contribution in [-0.2, 0) is 4.84 Å². The van der Waals surface area contributed by atoms with Gasteiger partial charge in [0.25, 0.3) is 0 Å². The fourth-order valence-corrected chi connectivity index (χ4v) is 1.66. The van der Waals surface area contributed by atoms with Crippen LogP contribution in [0.1, 0.15) is 19.8 Å². The molecule has 0 spiro atoms. The number of rotatable bonds is 8. The topological polar surface area (TPSA) is 111 Å². The third-order valence-corrected chi connectivity index (χ3v) is 3.45. The molecule has 0 aliphatic carbocycles. The highest BCUT2D eigenvalue weighted by atomic mass is 32.2. The molecule has 0 heterocycles. The van der Waals surface area contributed by atoms with Crippen LogP contribution in [0.3, 0.4) is 0 Å². The van der Waals surface area contributed by atoms with E-state index in [9.17, 15) is 4.79 Å². The van der Waals surface area contributed by atoms with Crippen molar-refractivity contribution in [3.05, 3.63) is 34.7 Å². The number of amides is 1. The van der Waals surface area contributed by atoms with E-state index in [0.29, 0.717) is 17.3 Å². The van der Waals surface area contributed by atoms with E-state index in [-0.39, 0.29) is 0 Å². The summed E-state index contributed by atoms with van der Waals surface area (Å²) in [6.07, 6.45) is 3.03. The van der Waals surface area contributed by atoms with Gasteiger partial charge >= 0.3 is 6.09 Å². The molecule has 1 rings (SSSR count). The highest BCUT2D eigenvalue weighted by Crippen LogP contribution is 2.16. The van der Waals surface area contributed by atoms with Gasteiger partial charge < -0.3 is 10.6 Å². The maximum absolute atomic E-state index is 11.3. The number of hydrogen-bond donors (Lipinski definition) is 2. The summed E-state index contributed by atoms with van der Waals surface area (Å²) in [6, 6.07) is 7.20. The Kier molecular flexibility index (Phi) is 9.11. The van der Waals surface area contributed by atoms with Crippen molar-refractivity contribution in [2.24, 2.45) is 10.3 Å². The molecule has 9 heteroatoms. The first-order chi connectivity index (χ1) is 11.2. The Morgan fingerprint density at radius 1 is 1.30 bits per heavy atom. The molecular formula is C14H20N6O2S. The first kappa shape index (κ1) is 18.7. The molecule has 2 N–H and O–H groups in total. The zero-order chi connectivity index (χ0) is 16.9. The Balaban J connectivity index is 2.11. The number of carbonyl (C=O) groups excluding carboxylic acids is 1. The SMILES string of the molecule is CSC(C)=NOC(=O)NCCCCNc1ccc(N=[N+]=[N-])cc1. The van der Waals surface area contributed by atoms with E-state index in [1.54, 1.807) is 19.1 Å². The van der Waals surface area contributed by atoms with Gasteiger partial charge in [-0.25, -0.2) is 4.79 Å². The molecule has 1 aromatic carbocycles. The molecule has 1 amide bonds. The molecule has 0 fully saturated rings. The molecule has 0 bridgehead atoms. The second-order valence-corrected chi connectivity index (χ2v) is 5.49. The van der Waals surface area contributed by atoms with Crippen LogP contribution in [0.15, 0.2) is 34.5 Å². The Morgan fingerprint density at radius 2 is 2.00 bits per heavy atom. The quantitative estimate of drug-likeness (QED) is 0.108. The number of oxime groups is 1. The largest absolute Gasteiger partial charge is 0.433 e. The molecule has 0 saturated carbocycles. The van der Waals surface area contributed by atoms with Gasteiger partial charge in [-0.1, -0.05) is 22.4 Å². The van der Waals surface area contributed by atoms with Crippen molar-refractivity contribution in [1.29, 1.82) is 0 Å². The van der Waals surface area contributed by atoms with Crippen molar-refractivity contribution >= 4 is 34.3 Å². The number of carbonyl (C=O) groups is 1. The molecule has 124 valence electrons. The molecular weight excluding hydrogens is 316 g/mol. The van der Waals surface area contributed by atoms with E-state index in [2.05, 4.69) is 30.7 Å². The first-order valence-electron chi connectivity index (χ1n) is 7.08. The third kappa shape index (κ3) is 8.60. The number of nitrogens with zero attached hydrogens (tertiary/aromatic N) is 4. The van der Waals surface area contributed by atoms with Crippen LogP contribution in [-0.4, -0.2) is 30.5 Å². The second kappa shape index (κ2) is 11.2. The average Bonchev–Trinajstić information content (AvgIpc) is 2.57. The van der Waals surface area contributed by atoms with Crippen LogP contribution in [0, 0.1) is 0 Å². The molecule has 23 heavy (non-hydrogen) atoms. The number of benzene rings is 1. The minimum Gasteiger partial charge on any atom is -0.385 e. The number of nitrogens with one attached hydrogen (secondary N) is 2. The van der Waals surface area contributed by atoms with Gasteiger partial charge in [0.1, 0.15) is 5.04 Å². The highest BCUT2D eigenvalue weighted by molar-refractivity contribution is 8.13. The molecule has 0 aliphatic rings. The average molecular weight is 336 g/mol. The van der Waals surface area contributed by atoms with Crippen molar-refractivity contribution in [1.82, 2.24) is 5.32 Å². The molecule has 0 unspecified atom stereocenters. The van der Waals surface area contributed by atoms with Crippen LogP contribution in [0.4, 0.5) is 16.2 Å². The van der Waals surface area contributed by atoms with Crippen LogP contribution in [0.2, 0.25) is 0 Å². The van der Waals surface area contributed by atoms with Crippen LogP contribution < -0.4 is 10.6 Å². The number of hydrogen-bond acceptors (Lipinski definition) is 6. The van der Waals surface area contributed by atoms with E-state index in [0.717, 1.165) is 25.1 Å². The zero-order valence-electron chi connectivity index (χ0n) is 13.2. The molecule has 8 nitrogen and oxygen atoms in total. The lowest BCUT2D eigenvalue weighted by Crippen LogP contribution is -2.24. The Bertz CT molecular complexity index is 569. The predicted molar refractivity (Wildman–Crippen MR) is 94.1 cm³/mol. The van der Waals surface area contributed by atoms with Gasteiger partial charge in [0.2, 0.25) is 0 Å². The number of unbranched alkanes of at least 4 members (excludes halogenated alkanes) is 1. The summed E-state index contributed by atoms with van der Waals surface area (Å²) in [5.74, 6) is 0. The minimum atomic E-state index is -0.542. The van der Waals surface area contributed by atoms with Crippen LogP contribution in [0.5, 0.6) is 0 Å². The summed E-state index contributed by atoms with van der Waals surface area (Å²) in [5.41, 5.74) is 9.86. The summed E-state index contributed by atoms with van der Waals surface area (Å²) in [4.78, 5) is 18.7. The summed E-state index contributed by atoms with van der Waals surface area (Å²) in [7, 11) is 0. The number of azide groups is 1. The summed E-state index contributed by atoms with van der Waals surface area (Å²) < 4.78 is 0. The fraction of sp³-hybridized carbons (Fsp3) is 0.429. The lowest BCUT2D eigenvalue weighted by molar-refractivity contribution is 0.151. The molecule has 0 aliphatic heterocycles. The van der Waals surface area contributed by atoms with Crippen molar-refractivity contribution in [2.75, 3.05) is 24.7 Å². The monoisotopic (exact) mass is 336 g/mol. The van der Waals surface area contributed by atoms with Crippen molar-refractivity contribution in [3.8, 4) is 0 Å². The molecule has 0 aromatic heterocycles. The molecule has 0 radical (unpaired) electrons. The fourth-order valence-electron chi connectivity index (χ4n) is 1.55. The van der Waals surface area contributed by atoms with E-state index in [1.807, 2.05) is 18.4 Å². The van der Waals surface area contributed by atoms with Crippen LogP contribution in [0.25, 0.3) is 10.4 Å². The van der Waals surface area contributed by atoms with E-state index in [4.69, 9.17) is 5.53 Å². The standard InChI is InChI=1S/C14H20N6O2S/c1-11(23-2)19-22-14(21)17-10-4-3-9-16-12-5-7-13(8-6-12)18-20-15/h5-8,16H,3-4,9-10H2,1-2H3,(H,17,21). The minimum absolute atomic E-state index is 0.532. The maximum Gasteiger partial charge on any atom is 0.433 e. The van der Waals surface area contributed by atoms with Crippen LogP contribution >= 0.6 is 11.8 Å². The third-order valence-electron chi connectivity index (χ3n) is 2.78. The van der Waals surface area contributed by atoms with Crippen molar-refractivity contribution in [3.63, 3.8) is 0 Å². The Labute approximate surface area is 139 Å². The van der Waals surface area contributed by atoms with E-state index >= 15 is 0 Å². The summed E-state index contributed by atoms with van der Waals surface area (Å²) in [6.45, 7) is 3.08. The zero-order valence-corrected chi connectivity index (χ0v) is 14.0. The van der Waals surface area contributed by atoms with E-state index in [1.165, 1.54) is 11.8 Å². The highest BCUT2D eigenvalue weighted by Gasteiger charge is 2.00. The lowest BCUT2D eigenvalue weighted by atomic mass is 10.2. The first-order valence-corrected chi connectivity index (χ1v) is 8.30. The van der Waals surface area contributed by atoms with Crippen molar-refractivity contribution in [2.45, 2.75) is 19.8 Å². The van der Waals surface area contributed by atoms with Gasteiger partial charge in [-0.15, -0.1) is 11.8 Å². The van der Waals surface area contributed by atoms with Crippen molar-refractivity contribution < 1.29 is 9.63 Å². The Hall–Kier alpha value is -2.38. The summed E-state index contributed by atoms with van der Waals surface area (Å²) in [5, 5.41) is 13.7. The Morgan fingerprint density at radius 3 is 2.65 bits per heavy atom. The smallest absolute Gasteiger partial charge is 0.385 e. The normalized spacial score (nSPS) is 10.6.